The maximum absolute atomic E-state index is 11.6. The maximum Gasteiger partial charge on any atom is 0.227 e. The Labute approximate surface area is 89.7 Å². The summed E-state index contributed by atoms with van der Waals surface area (Å²) >= 11 is 0. The van der Waals surface area contributed by atoms with Crippen LogP contribution in [0, 0.1) is 17.2 Å². The van der Waals surface area contributed by atoms with Crippen molar-refractivity contribution in [1.82, 2.24) is 0 Å². The molecule has 0 aliphatic rings. The predicted molar refractivity (Wildman–Crippen MR) is 59.2 cm³/mol. The molecule has 3 heteroatoms. The van der Waals surface area contributed by atoms with Gasteiger partial charge in [-0.3, -0.25) is 4.79 Å². The predicted octanol–water partition coefficient (Wildman–Crippen LogP) is 2.54. The van der Waals surface area contributed by atoms with E-state index in [-0.39, 0.29) is 11.8 Å². The van der Waals surface area contributed by atoms with E-state index >= 15 is 0 Å². The van der Waals surface area contributed by atoms with E-state index in [0.29, 0.717) is 11.3 Å². The van der Waals surface area contributed by atoms with Gasteiger partial charge in [-0.15, -0.1) is 0 Å². The monoisotopic (exact) mass is 202 g/mol. The van der Waals surface area contributed by atoms with E-state index in [2.05, 4.69) is 5.32 Å². The van der Waals surface area contributed by atoms with Crippen LogP contribution in [0.3, 0.4) is 0 Å². The zero-order valence-electron chi connectivity index (χ0n) is 8.95. The molecule has 0 saturated carbocycles. The Hall–Kier alpha value is -1.82. The molecule has 1 atom stereocenters. The first-order chi connectivity index (χ1) is 7.19. The van der Waals surface area contributed by atoms with Crippen LogP contribution in [0.15, 0.2) is 24.3 Å². The Bertz CT molecular complexity index is 393. The lowest BCUT2D eigenvalue weighted by Crippen LogP contribution is -2.20. The molecule has 0 heterocycles. The Balaban J connectivity index is 2.81. The number of nitriles is 1. The Morgan fingerprint density at radius 3 is 2.80 bits per heavy atom. The number of nitrogens with one attached hydrogen (secondary N) is 1. The third-order valence-corrected chi connectivity index (χ3v) is 2.37. The molecule has 1 aromatic carbocycles. The fourth-order valence-corrected chi connectivity index (χ4v) is 1.13. The first kappa shape index (κ1) is 11.3. The van der Waals surface area contributed by atoms with Crippen LogP contribution in [0.2, 0.25) is 0 Å². The van der Waals surface area contributed by atoms with Crippen LogP contribution in [0.25, 0.3) is 0 Å². The number of nitrogens with zero attached hydrogens (tertiary/aromatic N) is 1. The van der Waals surface area contributed by atoms with Crippen molar-refractivity contribution >= 4 is 11.6 Å². The SMILES string of the molecule is CCC(C)C(=O)Nc1ccccc1C#N. The first-order valence-electron chi connectivity index (χ1n) is 4.99. The second-order valence-electron chi connectivity index (χ2n) is 3.46. The van der Waals surface area contributed by atoms with Crippen molar-refractivity contribution in [3.63, 3.8) is 0 Å². The van der Waals surface area contributed by atoms with Gasteiger partial charge in [0, 0.05) is 5.92 Å². The molecule has 15 heavy (non-hydrogen) atoms. The van der Waals surface area contributed by atoms with Crippen LogP contribution in [0.4, 0.5) is 5.69 Å². The molecule has 0 saturated heterocycles. The van der Waals surface area contributed by atoms with Gasteiger partial charge in [0.15, 0.2) is 0 Å². The normalized spacial score (nSPS) is 11.5. The molecule has 0 bridgehead atoms. The van der Waals surface area contributed by atoms with Crippen LogP contribution in [0.5, 0.6) is 0 Å². The Kier molecular flexibility index (Phi) is 3.87. The number of hydrogen-bond donors (Lipinski definition) is 1. The number of rotatable bonds is 3. The Morgan fingerprint density at radius 2 is 2.20 bits per heavy atom. The van der Waals surface area contributed by atoms with E-state index in [4.69, 9.17) is 5.26 Å². The van der Waals surface area contributed by atoms with E-state index in [0.717, 1.165) is 6.42 Å². The topological polar surface area (TPSA) is 52.9 Å². The quantitative estimate of drug-likeness (QED) is 0.818. The molecule has 0 spiro atoms. The van der Waals surface area contributed by atoms with Crippen LogP contribution in [0.1, 0.15) is 25.8 Å². The average Bonchev–Trinajstić information content (AvgIpc) is 2.28. The molecule has 0 aliphatic heterocycles. The van der Waals surface area contributed by atoms with Gasteiger partial charge in [-0.1, -0.05) is 26.0 Å². The molecule has 0 aromatic heterocycles. The number of amides is 1. The lowest BCUT2D eigenvalue weighted by Gasteiger charge is -2.10. The third kappa shape index (κ3) is 2.81. The smallest absolute Gasteiger partial charge is 0.227 e. The summed E-state index contributed by atoms with van der Waals surface area (Å²) < 4.78 is 0. The second-order valence-corrected chi connectivity index (χ2v) is 3.46. The Morgan fingerprint density at radius 1 is 1.53 bits per heavy atom. The van der Waals surface area contributed by atoms with Crippen LogP contribution in [-0.2, 0) is 4.79 Å². The van der Waals surface area contributed by atoms with Gasteiger partial charge < -0.3 is 5.32 Å². The number of carbonyl (C=O) groups is 1. The summed E-state index contributed by atoms with van der Waals surface area (Å²) in [7, 11) is 0. The van der Waals surface area contributed by atoms with E-state index in [9.17, 15) is 4.79 Å². The van der Waals surface area contributed by atoms with E-state index in [1.165, 1.54) is 0 Å². The minimum atomic E-state index is -0.0415. The molecule has 1 aromatic rings. The van der Waals surface area contributed by atoms with Crippen LogP contribution < -0.4 is 5.32 Å². The summed E-state index contributed by atoms with van der Waals surface area (Å²) in [5.74, 6) is -0.0723. The lowest BCUT2D eigenvalue weighted by atomic mass is 10.1. The van der Waals surface area contributed by atoms with Crippen molar-refractivity contribution in [2.24, 2.45) is 5.92 Å². The molecule has 0 fully saturated rings. The van der Waals surface area contributed by atoms with Gasteiger partial charge in [0.2, 0.25) is 5.91 Å². The summed E-state index contributed by atoms with van der Waals surface area (Å²) in [6.07, 6.45) is 0.792. The molecular weight excluding hydrogens is 188 g/mol. The van der Waals surface area contributed by atoms with Gasteiger partial charge in [-0.05, 0) is 18.6 Å². The van der Waals surface area contributed by atoms with Crippen LogP contribution in [-0.4, -0.2) is 5.91 Å². The maximum atomic E-state index is 11.6. The molecule has 78 valence electrons. The van der Waals surface area contributed by atoms with Gasteiger partial charge >= 0.3 is 0 Å². The lowest BCUT2D eigenvalue weighted by molar-refractivity contribution is -0.119. The molecule has 1 amide bonds. The standard InChI is InChI=1S/C12H14N2O/c1-3-9(2)12(15)14-11-7-5-4-6-10(11)8-13/h4-7,9H,3H2,1-2H3,(H,14,15). The number of anilines is 1. The fraction of sp³-hybridized carbons (Fsp3) is 0.333. The van der Waals surface area contributed by atoms with Crippen molar-refractivity contribution in [2.75, 3.05) is 5.32 Å². The fourth-order valence-electron chi connectivity index (χ4n) is 1.13. The van der Waals surface area contributed by atoms with Crippen molar-refractivity contribution in [2.45, 2.75) is 20.3 Å². The van der Waals surface area contributed by atoms with Crippen molar-refractivity contribution < 1.29 is 4.79 Å². The molecule has 0 radical (unpaired) electrons. The van der Waals surface area contributed by atoms with Gasteiger partial charge in [0.25, 0.3) is 0 Å². The summed E-state index contributed by atoms with van der Waals surface area (Å²) in [6, 6.07) is 9.04. The average molecular weight is 202 g/mol. The molecule has 1 unspecified atom stereocenters. The van der Waals surface area contributed by atoms with Crippen molar-refractivity contribution in [3.8, 4) is 6.07 Å². The van der Waals surface area contributed by atoms with Gasteiger partial charge in [-0.2, -0.15) is 5.26 Å². The molecule has 1 rings (SSSR count). The largest absolute Gasteiger partial charge is 0.325 e. The van der Waals surface area contributed by atoms with Crippen molar-refractivity contribution in [1.29, 1.82) is 5.26 Å². The van der Waals surface area contributed by atoms with Gasteiger partial charge in [-0.25, -0.2) is 0 Å². The van der Waals surface area contributed by atoms with E-state index in [1.807, 2.05) is 19.9 Å². The van der Waals surface area contributed by atoms with Crippen LogP contribution >= 0.6 is 0 Å². The number of benzene rings is 1. The highest BCUT2D eigenvalue weighted by Gasteiger charge is 2.11. The molecular formula is C12H14N2O. The molecule has 0 aliphatic carbocycles. The van der Waals surface area contributed by atoms with Gasteiger partial charge in [0.05, 0.1) is 11.3 Å². The van der Waals surface area contributed by atoms with Gasteiger partial charge in [0.1, 0.15) is 6.07 Å². The van der Waals surface area contributed by atoms with Crippen molar-refractivity contribution in [3.05, 3.63) is 29.8 Å². The minimum Gasteiger partial charge on any atom is -0.325 e. The summed E-state index contributed by atoms with van der Waals surface area (Å²) in [5, 5.41) is 11.6. The molecule has 3 nitrogen and oxygen atoms in total. The zero-order chi connectivity index (χ0) is 11.3. The number of hydrogen-bond acceptors (Lipinski definition) is 2. The number of carbonyl (C=O) groups excluding carboxylic acids is 1. The minimum absolute atomic E-state index is 0.0308. The molecule has 1 N–H and O–H groups in total. The number of para-hydroxylation sites is 1. The first-order valence-corrected chi connectivity index (χ1v) is 4.99. The van der Waals surface area contributed by atoms with E-state index < -0.39 is 0 Å². The zero-order valence-corrected chi connectivity index (χ0v) is 8.95. The highest BCUT2D eigenvalue weighted by Crippen LogP contribution is 2.15. The highest BCUT2D eigenvalue weighted by atomic mass is 16.1. The second kappa shape index (κ2) is 5.16. The summed E-state index contributed by atoms with van der Waals surface area (Å²) in [4.78, 5) is 11.6. The third-order valence-electron chi connectivity index (χ3n) is 2.37. The highest BCUT2D eigenvalue weighted by molar-refractivity contribution is 5.93. The summed E-state index contributed by atoms with van der Waals surface area (Å²) in [6.45, 7) is 3.82. The van der Waals surface area contributed by atoms with E-state index in [1.54, 1.807) is 24.3 Å². The summed E-state index contributed by atoms with van der Waals surface area (Å²) in [5.41, 5.74) is 1.08.